The number of carbonyl (C=O) groups excluding carboxylic acids is 1. The lowest BCUT2D eigenvalue weighted by Crippen LogP contribution is -2.25. The molecule has 5 nitrogen and oxygen atoms in total. The molecule has 0 radical (unpaired) electrons. The van der Waals surface area contributed by atoms with Crippen molar-refractivity contribution in [3.63, 3.8) is 0 Å². The van der Waals surface area contributed by atoms with Gasteiger partial charge in [0.25, 0.3) is 5.56 Å². The maximum atomic E-state index is 12.1. The predicted octanol–water partition coefficient (Wildman–Crippen LogP) is 1.61. The maximum absolute atomic E-state index is 12.1. The fourth-order valence-corrected chi connectivity index (χ4v) is 1.76. The highest BCUT2D eigenvalue weighted by Gasteiger charge is 2.08. The molecule has 0 aliphatic rings. The van der Waals surface area contributed by atoms with Gasteiger partial charge in [-0.05, 0) is 25.1 Å². The van der Waals surface area contributed by atoms with E-state index >= 15 is 0 Å². The summed E-state index contributed by atoms with van der Waals surface area (Å²) in [6, 6.07) is 4.85. The van der Waals surface area contributed by atoms with Gasteiger partial charge in [0, 0.05) is 5.02 Å². The zero-order chi connectivity index (χ0) is 13.1. The van der Waals surface area contributed by atoms with Crippen molar-refractivity contribution in [3.8, 4) is 0 Å². The normalized spacial score (nSPS) is 10.6. The molecule has 2 rings (SSSR count). The fourth-order valence-electron chi connectivity index (χ4n) is 1.59. The molecule has 0 fully saturated rings. The molecule has 0 amide bonds. The fraction of sp³-hybridized carbons (Fsp3) is 0.250. The van der Waals surface area contributed by atoms with Crippen molar-refractivity contribution in [2.75, 3.05) is 6.61 Å². The Bertz CT molecular complexity index is 651. The molecule has 0 spiro atoms. The van der Waals surface area contributed by atoms with Crippen molar-refractivity contribution in [2.45, 2.75) is 13.5 Å². The molecule has 0 aliphatic heterocycles. The first-order valence-electron chi connectivity index (χ1n) is 5.42. The van der Waals surface area contributed by atoms with E-state index in [9.17, 15) is 9.59 Å². The van der Waals surface area contributed by atoms with Crippen LogP contribution < -0.4 is 5.56 Å². The molecule has 1 aromatic carbocycles. The topological polar surface area (TPSA) is 61.2 Å². The van der Waals surface area contributed by atoms with E-state index in [2.05, 4.69) is 4.98 Å². The summed E-state index contributed by atoms with van der Waals surface area (Å²) in [6.45, 7) is 1.83. The summed E-state index contributed by atoms with van der Waals surface area (Å²) >= 11 is 5.83. The molecular formula is C12H11ClN2O3. The molecule has 0 aliphatic carbocycles. The second kappa shape index (κ2) is 5.18. The number of fused-ring (bicyclic) bond motifs is 1. The molecule has 0 saturated carbocycles. The van der Waals surface area contributed by atoms with Gasteiger partial charge in [0.05, 0.1) is 23.8 Å². The zero-order valence-electron chi connectivity index (χ0n) is 9.72. The number of hydrogen-bond acceptors (Lipinski definition) is 4. The van der Waals surface area contributed by atoms with Gasteiger partial charge in [-0.2, -0.15) is 0 Å². The Morgan fingerprint density at radius 1 is 1.50 bits per heavy atom. The summed E-state index contributed by atoms with van der Waals surface area (Å²) in [6.07, 6.45) is 1.33. The second-order valence-corrected chi connectivity index (χ2v) is 4.08. The lowest BCUT2D eigenvalue weighted by atomic mass is 10.2. The van der Waals surface area contributed by atoms with Gasteiger partial charge < -0.3 is 4.74 Å². The highest BCUT2D eigenvalue weighted by molar-refractivity contribution is 6.31. The van der Waals surface area contributed by atoms with Crippen LogP contribution in [0.2, 0.25) is 5.02 Å². The van der Waals surface area contributed by atoms with Gasteiger partial charge in [0.15, 0.2) is 0 Å². The Balaban J connectivity index is 2.44. The summed E-state index contributed by atoms with van der Waals surface area (Å²) in [4.78, 5) is 27.5. The van der Waals surface area contributed by atoms with Crippen molar-refractivity contribution in [3.05, 3.63) is 39.9 Å². The molecule has 0 atom stereocenters. The molecule has 0 unspecified atom stereocenters. The minimum absolute atomic E-state index is 0.151. The number of carbonyl (C=O) groups is 1. The molecular weight excluding hydrogens is 256 g/mol. The lowest BCUT2D eigenvalue weighted by molar-refractivity contribution is -0.143. The first kappa shape index (κ1) is 12.6. The van der Waals surface area contributed by atoms with Crippen LogP contribution in [0.1, 0.15) is 6.92 Å². The molecule has 0 N–H and O–H groups in total. The zero-order valence-corrected chi connectivity index (χ0v) is 10.5. The highest BCUT2D eigenvalue weighted by Crippen LogP contribution is 2.13. The van der Waals surface area contributed by atoms with Gasteiger partial charge in [-0.15, -0.1) is 0 Å². The van der Waals surface area contributed by atoms with Gasteiger partial charge in [-0.25, -0.2) is 4.98 Å². The van der Waals surface area contributed by atoms with E-state index in [0.717, 1.165) is 0 Å². The van der Waals surface area contributed by atoms with E-state index in [1.54, 1.807) is 19.1 Å². The van der Waals surface area contributed by atoms with Crippen molar-refractivity contribution in [2.24, 2.45) is 0 Å². The third-order valence-corrected chi connectivity index (χ3v) is 2.63. The molecule has 0 bridgehead atoms. The van der Waals surface area contributed by atoms with Crippen LogP contribution in [-0.2, 0) is 16.1 Å². The highest BCUT2D eigenvalue weighted by atomic mass is 35.5. The number of esters is 1. The minimum Gasteiger partial charge on any atom is -0.465 e. The summed E-state index contributed by atoms with van der Waals surface area (Å²) in [5, 5.41) is 0.838. The number of benzene rings is 1. The minimum atomic E-state index is -0.470. The summed E-state index contributed by atoms with van der Waals surface area (Å²) < 4.78 is 5.99. The Hall–Kier alpha value is -1.88. The van der Waals surface area contributed by atoms with Crippen molar-refractivity contribution >= 4 is 28.5 Å². The van der Waals surface area contributed by atoms with Crippen LogP contribution in [0.25, 0.3) is 10.9 Å². The van der Waals surface area contributed by atoms with E-state index < -0.39 is 5.97 Å². The number of hydrogen-bond donors (Lipinski definition) is 0. The molecule has 1 aromatic heterocycles. The lowest BCUT2D eigenvalue weighted by Gasteiger charge is -2.06. The molecule has 0 saturated heterocycles. The van der Waals surface area contributed by atoms with E-state index in [0.29, 0.717) is 15.9 Å². The van der Waals surface area contributed by atoms with Crippen molar-refractivity contribution in [1.29, 1.82) is 0 Å². The van der Waals surface area contributed by atoms with Crippen LogP contribution in [0.15, 0.2) is 29.3 Å². The molecule has 18 heavy (non-hydrogen) atoms. The Morgan fingerprint density at radius 2 is 2.28 bits per heavy atom. The SMILES string of the molecule is CCOC(=O)Cn1cnc2ccc(Cl)cc2c1=O. The predicted molar refractivity (Wildman–Crippen MR) is 67.6 cm³/mol. The Morgan fingerprint density at radius 3 is 3.00 bits per heavy atom. The standard InChI is InChI=1S/C12H11ClN2O3/c1-2-18-11(16)6-15-7-14-10-4-3-8(13)5-9(10)12(15)17/h3-5,7H,2,6H2,1H3. The van der Waals surface area contributed by atoms with Crippen LogP contribution in [0.3, 0.4) is 0 Å². The van der Waals surface area contributed by atoms with Crippen LogP contribution >= 0.6 is 11.6 Å². The summed E-state index contributed by atoms with van der Waals surface area (Å²) in [5.74, 6) is -0.470. The third kappa shape index (κ3) is 2.51. The van der Waals surface area contributed by atoms with Crippen LogP contribution in [0, 0.1) is 0 Å². The largest absolute Gasteiger partial charge is 0.465 e. The number of nitrogens with zero attached hydrogens (tertiary/aromatic N) is 2. The number of halogens is 1. The number of ether oxygens (including phenoxy) is 1. The molecule has 1 heterocycles. The van der Waals surface area contributed by atoms with E-state index in [-0.39, 0.29) is 18.7 Å². The summed E-state index contributed by atoms with van der Waals surface area (Å²) in [7, 11) is 0. The van der Waals surface area contributed by atoms with Gasteiger partial charge in [0.1, 0.15) is 6.54 Å². The molecule has 6 heteroatoms. The maximum Gasteiger partial charge on any atom is 0.326 e. The first-order chi connectivity index (χ1) is 8.61. The average molecular weight is 267 g/mol. The number of rotatable bonds is 3. The smallest absolute Gasteiger partial charge is 0.326 e. The van der Waals surface area contributed by atoms with Crippen LogP contribution in [-0.4, -0.2) is 22.1 Å². The van der Waals surface area contributed by atoms with Crippen molar-refractivity contribution < 1.29 is 9.53 Å². The average Bonchev–Trinajstić information content (AvgIpc) is 2.34. The van der Waals surface area contributed by atoms with Gasteiger partial charge in [-0.1, -0.05) is 11.6 Å². The monoisotopic (exact) mass is 266 g/mol. The van der Waals surface area contributed by atoms with Crippen molar-refractivity contribution in [1.82, 2.24) is 9.55 Å². The van der Waals surface area contributed by atoms with Gasteiger partial charge in [-0.3, -0.25) is 14.2 Å². The molecule has 2 aromatic rings. The van der Waals surface area contributed by atoms with E-state index in [1.807, 2.05) is 0 Å². The van der Waals surface area contributed by atoms with Crippen LogP contribution in [0.4, 0.5) is 0 Å². The third-order valence-electron chi connectivity index (χ3n) is 2.39. The Kier molecular flexibility index (Phi) is 3.62. The quantitative estimate of drug-likeness (QED) is 0.792. The van der Waals surface area contributed by atoms with Gasteiger partial charge >= 0.3 is 5.97 Å². The van der Waals surface area contributed by atoms with E-state index in [1.165, 1.54) is 17.0 Å². The molecule has 94 valence electrons. The summed E-state index contributed by atoms with van der Waals surface area (Å²) in [5.41, 5.74) is 0.236. The van der Waals surface area contributed by atoms with Crippen LogP contribution in [0.5, 0.6) is 0 Å². The Labute approximate surface area is 108 Å². The first-order valence-corrected chi connectivity index (χ1v) is 5.80. The second-order valence-electron chi connectivity index (χ2n) is 3.64. The van der Waals surface area contributed by atoms with E-state index in [4.69, 9.17) is 16.3 Å². The van der Waals surface area contributed by atoms with Gasteiger partial charge in [0.2, 0.25) is 0 Å². The number of aromatic nitrogens is 2.